The van der Waals surface area contributed by atoms with Crippen molar-refractivity contribution in [2.24, 2.45) is 7.05 Å². The summed E-state index contributed by atoms with van der Waals surface area (Å²) in [7, 11) is -2.52. The molecule has 2 rings (SSSR count). The molecular formula is C13H11F3N2O3S. The Labute approximate surface area is 123 Å². The van der Waals surface area contributed by atoms with Crippen molar-refractivity contribution in [3.05, 3.63) is 46.4 Å². The zero-order valence-electron chi connectivity index (χ0n) is 11.5. The van der Waals surface area contributed by atoms with Crippen LogP contribution in [0.2, 0.25) is 0 Å². The van der Waals surface area contributed by atoms with Gasteiger partial charge in [-0.2, -0.15) is 18.3 Å². The largest absolute Gasteiger partial charge is 0.416 e. The van der Waals surface area contributed by atoms with E-state index in [1.807, 2.05) is 0 Å². The first kappa shape index (κ1) is 16.2. The smallest absolute Gasteiger partial charge is 0.268 e. The molecule has 1 heterocycles. The van der Waals surface area contributed by atoms with Crippen LogP contribution >= 0.6 is 0 Å². The van der Waals surface area contributed by atoms with Crippen LogP contribution in [0.15, 0.2) is 40.2 Å². The Kier molecular flexibility index (Phi) is 3.86. The van der Waals surface area contributed by atoms with Crippen LogP contribution in [-0.2, 0) is 23.1 Å². The number of alkyl halides is 3. The summed E-state index contributed by atoms with van der Waals surface area (Å²) in [5, 5.41) is 3.74. The van der Waals surface area contributed by atoms with Crippen LogP contribution in [0.25, 0.3) is 11.1 Å². The average molecular weight is 332 g/mol. The molecule has 0 saturated carbocycles. The van der Waals surface area contributed by atoms with Gasteiger partial charge in [-0.15, -0.1) is 0 Å². The first-order chi connectivity index (χ1) is 10.00. The fourth-order valence-electron chi connectivity index (χ4n) is 1.86. The Morgan fingerprint density at radius 1 is 1.18 bits per heavy atom. The fourth-order valence-corrected chi connectivity index (χ4v) is 2.79. The van der Waals surface area contributed by atoms with E-state index in [0.29, 0.717) is 6.07 Å². The molecule has 0 fully saturated rings. The molecule has 0 saturated heterocycles. The fraction of sp³-hybridized carbons (Fsp3) is 0.231. The van der Waals surface area contributed by atoms with E-state index in [2.05, 4.69) is 5.10 Å². The van der Waals surface area contributed by atoms with E-state index in [9.17, 15) is 26.4 Å². The highest BCUT2D eigenvalue weighted by atomic mass is 32.2. The molecule has 0 amide bonds. The number of hydrogen-bond donors (Lipinski definition) is 0. The van der Waals surface area contributed by atoms with E-state index in [-0.39, 0.29) is 11.1 Å². The Morgan fingerprint density at radius 2 is 1.82 bits per heavy atom. The standard InChI is InChI=1S/C13H11F3N2O3S/c1-18-12(19)5-8(7-17-18)10-4-3-9(13(14,15)16)6-11(10)22(2,20)21/h3-7H,1-2H3. The number of sulfone groups is 1. The van der Waals surface area contributed by atoms with Gasteiger partial charge in [0.2, 0.25) is 0 Å². The summed E-state index contributed by atoms with van der Waals surface area (Å²) in [6.07, 6.45) is -2.64. The SMILES string of the molecule is Cn1ncc(-c2ccc(C(F)(F)F)cc2S(C)(=O)=O)cc1=O. The van der Waals surface area contributed by atoms with Gasteiger partial charge in [-0.05, 0) is 12.1 Å². The highest BCUT2D eigenvalue weighted by Gasteiger charge is 2.32. The predicted molar refractivity (Wildman–Crippen MR) is 73.0 cm³/mol. The van der Waals surface area contributed by atoms with Crippen molar-refractivity contribution in [3.63, 3.8) is 0 Å². The number of hydrogen-bond acceptors (Lipinski definition) is 4. The van der Waals surface area contributed by atoms with Gasteiger partial charge in [0, 0.05) is 30.5 Å². The van der Waals surface area contributed by atoms with Gasteiger partial charge in [0.1, 0.15) is 0 Å². The highest BCUT2D eigenvalue weighted by Crippen LogP contribution is 2.34. The van der Waals surface area contributed by atoms with Crippen molar-refractivity contribution >= 4 is 9.84 Å². The van der Waals surface area contributed by atoms with Crippen LogP contribution in [0.5, 0.6) is 0 Å². The van der Waals surface area contributed by atoms with E-state index in [1.165, 1.54) is 13.2 Å². The molecule has 0 atom stereocenters. The van der Waals surface area contributed by atoms with E-state index >= 15 is 0 Å². The summed E-state index contributed by atoms with van der Waals surface area (Å²) >= 11 is 0. The molecule has 0 aliphatic carbocycles. The molecule has 22 heavy (non-hydrogen) atoms. The van der Waals surface area contributed by atoms with E-state index in [0.717, 1.165) is 29.1 Å². The van der Waals surface area contributed by atoms with Crippen molar-refractivity contribution in [3.8, 4) is 11.1 Å². The monoisotopic (exact) mass is 332 g/mol. The van der Waals surface area contributed by atoms with Gasteiger partial charge in [-0.1, -0.05) is 6.07 Å². The molecule has 1 aromatic carbocycles. The summed E-state index contributed by atoms with van der Waals surface area (Å²) < 4.78 is 62.8. The summed E-state index contributed by atoms with van der Waals surface area (Å²) in [6.45, 7) is 0. The van der Waals surface area contributed by atoms with Crippen molar-refractivity contribution in [2.75, 3.05) is 6.26 Å². The molecule has 5 nitrogen and oxygen atoms in total. The lowest BCUT2D eigenvalue weighted by Gasteiger charge is -2.12. The van der Waals surface area contributed by atoms with Crippen LogP contribution in [0, 0.1) is 0 Å². The molecule has 0 aliphatic rings. The van der Waals surface area contributed by atoms with Crippen LogP contribution in [0.4, 0.5) is 13.2 Å². The number of aryl methyl sites for hydroxylation is 1. The van der Waals surface area contributed by atoms with Gasteiger partial charge in [0.25, 0.3) is 5.56 Å². The second-order valence-corrected chi connectivity index (χ2v) is 6.67. The minimum Gasteiger partial charge on any atom is -0.268 e. The first-order valence-corrected chi connectivity index (χ1v) is 7.84. The average Bonchev–Trinajstić information content (AvgIpc) is 2.39. The highest BCUT2D eigenvalue weighted by molar-refractivity contribution is 7.90. The van der Waals surface area contributed by atoms with Crippen molar-refractivity contribution in [1.29, 1.82) is 0 Å². The van der Waals surface area contributed by atoms with Gasteiger partial charge in [0.15, 0.2) is 9.84 Å². The summed E-state index contributed by atoms with van der Waals surface area (Å²) in [6, 6.07) is 3.46. The van der Waals surface area contributed by atoms with E-state index < -0.39 is 32.0 Å². The zero-order chi connectivity index (χ0) is 16.7. The summed E-state index contributed by atoms with van der Waals surface area (Å²) in [4.78, 5) is 11.1. The molecule has 0 bridgehead atoms. The third-order valence-corrected chi connectivity index (χ3v) is 4.12. The Hall–Kier alpha value is -2.16. The summed E-state index contributed by atoms with van der Waals surface area (Å²) in [5.74, 6) is 0. The third kappa shape index (κ3) is 3.19. The summed E-state index contributed by atoms with van der Waals surface area (Å²) in [5.41, 5.74) is -1.44. The van der Waals surface area contributed by atoms with Crippen LogP contribution in [-0.4, -0.2) is 24.5 Å². The topological polar surface area (TPSA) is 69.0 Å². The van der Waals surface area contributed by atoms with Gasteiger partial charge in [-0.3, -0.25) is 4.79 Å². The quantitative estimate of drug-likeness (QED) is 0.842. The minimum atomic E-state index is -4.66. The van der Waals surface area contributed by atoms with Crippen molar-refractivity contribution in [2.45, 2.75) is 11.1 Å². The minimum absolute atomic E-state index is 0.000648. The number of nitrogens with zero attached hydrogens (tertiary/aromatic N) is 2. The van der Waals surface area contributed by atoms with Crippen LogP contribution < -0.4 is 5.56 Å². The maximum atomic E-state index is 12.7. The van der Waals surface area contributed by atoms with Crippen molar-refractivity contribution < 1.29 is 21.6 Å². The molecule has 0 radical (unpaired) electrons. The Morgan fingerprint density at radius 3 is 2.32 bits per heavy atom. The number of benzene rings is 1. The second-order valence-electron chi connectivity index (χ2n) is 4.69. The molecule has 0 spiro atoms. The molecule has 2 aromatic rings. The lowest BCUT2D eigenvalue weighted by atomic mass is 10.1. The zero-order valence-corrected chi connectivity index (χ0v) is 12.4. The van der Waals surface area contributed by atoms with E-state index in [4.69, 9.17) is 0 Å². The van der Waals surface area contributed by atoms with E-state index in [1.54, 1.807) is 0 Å². The molecule has 0 unspecified atom stereocenters. The lowest BCUT2D eigenvalue weighted by molar-refractivity contribution is -0.137. The maximum Gasteiger partial charge on any atom is 0.416 e. The molecule has 0 N–H and O–H groups in total. The molecule has 118 valence electrons. The van der Waals surface area contributed by atoms with Gasteiger partial charge >= 0.3 is 6.18 Å². The molecule has 1 aromatic heterocycles. The van der Waals surface area contributed by atoms with Crippen LogP contribution in [0.3, 0.4) is 0 Å². The first-order valence-electron chi connectivity index (χ1n) is 5.95. The number of aromatic nitrogens is 2. The van der Waals surface area contributed by atoms with Crippen LogP contribution in [0.1, 0.15) is 5.56 Å². The molecular weight excluding hydrogens is 321 g/mol. The third-order valence-electron chi connectivity index (χ3n) is 2.99. The number of halogens is 3. The molecule has 9 heteroatoms. The number of rotatable bonds is 2. The predicted octanol–water partition coefficient (Wildman–Crippen LogP) is 1.87. The maximum absolute atomic E-state index is 12.7. The Bertz CT molecular complexity index is 886. The second kappa shape index (κ2) is 5.24. The van der Waals surface area contributed by atoms with Gasteiger partial charge < -0.3 is 0 Å². The van der Waals surface area contributed by atoms with Crippen molar-refractivity contribution in [1.82, 2.24) is 9.78 Å². The normalized spacial score (nSPS) is 12.4. The van der Waals surface area contributed by atoms with Gasteiger partial charge in [0.05, 0.1) is 16.7 Å². The molecule has 0 aliphatic heterocycles. The van der Waals surface area contributed by atoms with Gasteiger partial charge in [-0.25, -0.2) is 13.1 Å². The Balaban J connectivity index is 2.76. The lowest BCUT2D eigenvalue weighted by Crippen LogP contribution is -2.18.